The third-order valence-electron chi connectivity index (χ3n) is 6.29. The van der Waals surface area contributed by atoms with E-state index in [1.165, 1.54) is 18.4 Å². The van der Waals surface area contributed by atoms with Gasteiger partial charge in [0, 0.05) is 6.42 Å². The van der Waals surface area contributed by atoms with Crippen LogP contribution in [0.2, 0.25) is 0 Å². The predicted octanol–water partition coefficient (Wildman–Crippen LogP) is 3.59. The van der Waals surface area contributed by atoms with Crippen LogP contribution in [0.3, 0.4) is 0 Å². The van der Waals surface area contributed by atoms with Gasteiger partial charge in [-0.15, -0.1) is 0 Å². The Balaban J connectivity index is 2.18. The fraction of sp³-hybridized carbons (Fsp3) is 0.800. The smallest absolute Gasteiger partial charge is 0.143 e. The van der Waals surface area contributed by atoms with Crippen LogP contribution in [0.5, 0.6) is 0 Å². The van der Waals surface area contributed by atoms with Gasteiger partial charge in [-0.1, -0.05) is 25.5 Å². The largest absolute Gasteiger partial charge is 0.299 e. The zero-order valence-corrected chi connectivity index (χ0v) is 10.8. The SMILES string of the molecule is CC1=C[C@@]2(C)C(=O)CC3[C@@H](C)CC[C@@]32[C@@H]1C. The van der Waals surface area contributed by atoms with E-state index in [0.717, 1.165) is 12.3 Å². The Bertz CT molecular complexity index is 394. The van der Waals surface area contributed by atoms with Gasteiger partial charge < -0.3 is 0 Å². The quantitative estimate of drug-likeness (QED) is 0.568. The number of carbonyl (C=O) groups excluding carboxylic acids is 1. The number of hydrogen-bond acceptors (Lipinski definition) is 1. The Hall–Kier alpha value is -0.590. The van der Waals surface area contributed by atoms with Gasteiger partial charge in [0.2, 0.25) is 0 Å². The highest BCUT2D eigenvalue weighted by Crippen LogP contribution is 2.71. The summed E-state index contributed by atoms with van der Waals surface area (Å²) in [4.78, 5) is 12.4. The maximum atomic E-state index is 12.4. The van der Waals surface area contributed by atoms with Crippen LogP contribution in [-0.2, 0) is 4.79 Å². The van der Waals surface area contributed by atoms with Crippen molar-refractivity contribution >= 4 is 5.78 Å². The molecule has 0 aromatic heterocycles. The minimum Gasteiger partial charge on any atom is -0.299 e. The number of allylic oxidation sites excluding steroid dienone is 2. The topological polar surface area (TPSA) is 17.1 Å². The molecule has 1 heteroatoms. The van der Waals surface area contributed by atoms with Crippen LogP contribution in [-0.4, -0.2) is 5.78 Å². The second-order valence-corrected chi connectivity index (χ2v) is 6.60. The van der Waals surface area contributed by atoms with Crippen LogP contribution in [0.25, 0.3) is 0 Å². The molecule has 0 N–H and O–H groups in total. The van der Waals surface area contributed by atoms with Gasteiger partial charge in [0.1, 0.15) is 5.78 Å². The first-order valence-corrected chi connectivity index (χ1v) is 6.66. The summed E-state index contributed by atoms with van der Waals surface area (Å²) in [7, 11) is 0. The van der Waals surface area contributed by atoms with E-state index in [1.54, 1.807) is 0 Å². The molecule has 0 bridgehead atoms. The second kappa shape index (κ2) is 2.80. The normalized spacial score (nSPS) is 55.1. The molecule has 0 aliphatic heterocycles. The first kappa shape index (κ1) is 10.6. The molecule has 5 atom stereocenters. The van der Waals surface area contributed by atoms with Crippen molar-refractivity contribution in [2.45, 2.75) is 47.0 Å². The number of ketones is 1. The first-order valence-electron chi connectivity index (χ1n) is 6.66. The second-order valence-electron chi connectivity index (χ2n) is 6.60. The van der Waals surface area contributed by atoms with Crippen LogP contribution in [0.15, 0.2) is 11.6 Å². The molecule has 1 unspecified atom stereocenters. The maximum absolute atomic E-state index is 12.4. The first-order chi connectivity index (χ1) is 7.43. The lowest BCUT2D eigenvalue weighted by molar-refractivity contribution is -0.126. The molecule has 1 nitrogen and oxygen atoms in total. The summed E-state index contributed by atoms with van der Waals surface area (Å²) < 4.78 is 0. The maximum Gasteiger partial charge on any atom is 0.143 e. The molecule has 3 aliphatic rings. The van der Waals surface area contributed by atoms with Gasteiger partial charge in [-0.05, 0) is 49.9 Å². The molecule has 1 spiro atoms. The molecule has 0 radical (unpaired) electrons. The molecule has 88 valence electrons. The standard InChI is InChI=1S/C15H22O/c1-9-5-6-15-11(3)10(2)8-14(15,4)13(16)7-12(9)15/h8-9,11-12H,5-7H2,1-4H3/t9-,11+,12?,14-,15+/m0/s1. The van der Waals surface area contributed by atoms with Crippen LogP contribution >= 0.6 is 0 Å². The summed E-state index contributed by atoms with van der Waals surface area (Å²) in [6, 6.07) is 0. The van der Waals surface area contributed by atoms with E-state index in [-0.39, 0.29) is 10.8 Å². The fourth-order valence-corrected chi connectivity index (χ4v) is 5.25. The monoisotopic (exact) mass is 218 g/mol. The summed E-state index contributed by atoms with van der Waals surface area (Å²) in [5.74, 6) is 2.51. The third kappa shape index (κ3) is 0.846. The molecule has 0 heterocycles. The van der Waals surface area contributed by atoms with E-state index in [1.807, 2.05) is 0 Å². The highest BCUT2D eigenvalue weighted by atomic mass is 16.1. The van der Waals surface area contributed by atoms with Crippen molar-refractivity contribution in [1.29, 1.82) is 0 Å². The van der Waals surface area contributed by atoms with E-state index < -0.39 is 0 Å². The average Bonchev–Trinajstić information content (AvgIpc) is 2.72. The summed E-state index contributed by atoms with van der Waals surface area (Å²) in [5.41, 5.74) is 1.61. The van der Waals surface area contributed by atoms with Crippen LogP contribution in [0.1, 0.15) is 47.0 Å². The Morgan fingerprint density at radius 3 is 2.75 bits per heavy atom. The zero-order valence-electron chi connectivity index (χ0n) is 10.8. The van der Waals surface area contributed by atoms with Crippen LogP contribution in [0, 0.1) is 28.6 Å². The van der Waals surface area contributed by atoms with Gasteiger partial charge in [0.05, 0.1) is 5.41 Å². The van der Waals surface area contributed by atoms with E-state index in [0.29, 0.717) is 17.6 Å². The highest BCUT2D eigenvalue weighted by Gasteiger charge is 2.69. The van der Waals surface area contributed by atoms with Crippen molar-refractivity contribution in [1.82, 2.24) is 0 Å². The lowest BCUT2D eigenvalue weighted by atomic mass is 9.61. The fourth-order valence-electron chi connectivity index (χ4n) is 5.25. The van der Waals surface area contributed by atoms with Gasteiger partial charge >= 0.3 is 0 Å². The molecule has 2 fully saturated rings. The van der Waals surface area contributed by atoms with Gasteiger partial charge in [-0.2, -0.15) is 0 Å². The molecule has 0 amide bonds. The molecule has 3 rings (SSSR count). The van der Waals surface area contributed by atoms with Gasteiger partial charge in [0.15, 0.2) is 0 Å². The Morgan fingerprint density at radius 1 is 1.38 bits per heavy atom. The van der Waals surface area contributed by atoms with Crippen LogP contribution in [0.4, 0.5) is 0 Å². The highest BCUT2D eigenvalue weighted by molar-refractivity contribution is 5.91. The number of rotatable bonds is 0. The van der Waals surface area contributed by atoms with Gasteiger partial charge in [0.25, 0.3) is 0 Å². The lowest BCUT2D eigenvalue weighted by Crippen LogP contribution is -2.40. The van der Waals surface area contributed by atoms with Crippen LogP contribution < -0.4 is 0 Å². The number of hydrogen-bond donors (Lipinski definition) is 0. The Kier molecular flexibility index (Phi) is 1.85. The molecule has 2 saturated carbocycles. The number of Topliss-reactive ketones (excluding diaryl/α,β-unsaturated/α-hetero) is 1. The van der Waals surface area contributed by atoms with E-state index in [9.17, 15) is 4.79 Å². The molecule has 0 saturated heterocycles. The van der Waals surface area contributed by atoms with Crippen molar-refractivity contribution in [2.24, 2.45) is 28.6 Å². The van der Waals surface area contributed by atoms with Gasteiger partial charge in [-0.25, -0.2) is 0 Å². The zero-order chi connectivity index (χ0) is 11.7. The molecule has 0 aromatic carbocycles. The minimum absolute atomic E-state index is 0.133. The summed E-state index contributed by atoms with van der Waals surface area (Å²) in [5, 5.41) is 0. The van der Waals surface area contributed by atoms with Gasteiger partial charge in [-0.3, -0.25) is 4.79 Å². The summed E-state index contributed by atoms with van der Waals surface area (Å²) in [6.07, 6.45) is 5.72. The third-order valence-corrected chi connectivity index (χ3v) is 6.29. The predicted molar refractivity (Wildman–Crippen MR) is 65.0 cm³/mol. The number of carbonyl (C=O) groups is 1. The van der Waals surface area contributed by atoms with Crippen molar-refractivity contribution in [3.05, 3.63) is 11.6 Å². The van der Waals surface area contributed by atoms with E-state index >= 15 is 0 Å². The van der Waals surface area contributed by atoms with Crippen molar-refractivity contribution in [3.8, 4) is 0 Å². The Labute approximate surface area is 98.3 Å². The van der Waals surface area contributed by atoms with Crippen molar-refractivity contribution < 1.29 is 4.79 Å². The average molecular weight is 218 g/mol. The summed E-state index contributed by atoms with van der Waals surface area (Å²) >= 11 is 0. The van der Waals surface area contributed by atoms with Crippen molar-refractivity contribution in [2.75, 3.05) is 0 Å². The lowest BCUT2D eigenvalue weighted by Gasteiger charge is -2.41. The van der Waals surface area contributed by atoms with E-state index in [4.69, 9.17) is 0 Å². The van der Waals surface area contributed by atoms with E-state index in [2.05, 4.69) is 33.8 Å². The Morgan fingerprint density at radius 2 is 2.06 bits per heavy atom. The molecule has 0 aromatic rings. The molecule has 16 heavy (non-hydrogen) atoms. The van der Waals surface area contributed by atoms with Crippen molar-refractivity contribution in [3.63, 3.8) is 0 Å². The minimum atomic E-state index is -0.133. The molecular formula is C15H22O. The molecule has 3 aliphatic carbocycles. The molecular weight excluding hydrogens is 196 g/mol. The summed E-state index contributed by atoms with van der Waals surface area (Å²) in [6.45, 7) is 9.12.